The molecule has 0 bridgehead atoms. The number of halogens is 1. The summed E-state index contributed by atoms with van der Waals surface area (Å²) < 4.78 is 19.3. The van der Waals surface area contributed by atoms with Crippen molar-refractivity contribution in [3.05, 3.63) is 89.6 Å². The van der Waals surface area contributed by atoms with Crippen molar-refractivity contribution in [2.24, 2.45) is 0 Å². The third kappa shape index (κ3) is 3.87. The van der Waals surface area contributed by atoms with Crippen molar-refractivity contribution in [1.82, 2.24) is 5.32 Å². The average molecular weight is 351 g/mol. The number of nitrogens with one attached hydrogen (secondary N) is 1. The summed E-state index contributed by atoms with van der Waals surface area (Å²) in [6.07, 6.45) is 1.17. The maximum absolute atomic E-state index is 13.7. The van der Waals surface area contributed by atoms with Crippen LogP contribution in [0.1, 0.15) is 16.1 Å². The Morgan fingerprint density at radius 3 is 2.35 bits per heavy atom. The summed E-state index contributed by atoms with van der Waals surface area (Å²) in [5.41, 5.74) is 0.163. The quantitative estimate of drug-likeness (QED) is 0.683. The number of carbonyl (C=O) groups is 2. The zero-order chi connectivity index (χ0) is 18.5. The van der Waals surface area contributed by atoms with Crippen molar-refractivity contribution in [2.45, 2.75) is 0 Å². The van der Waals surface area contributed by atoms with Gasteiger partial charge < -0.3 is 14.8 Å². The average Bonchev–Trinajstić information content (AvgIpc) is 3.11. The summed E-state index contributed by atoms with van der Waals surface area (Å²) in [5.74, 6) is -2.16. The molecule has 3 aromatic rings. The van der Waals surface area contributed by atoms with Gasteiger partial charge in [0.2, 0.25) is 0 Å². The molecule has 2 N–H and O–H groups in total. The molecule has 1 amide bonds. The van der Waals surface area contributed by atoms with E-state index in [4.69, 9.17) is 4.42 Å². The Balaban J connectivity index is 1.84. The van der Waals surface area contributed by atoms with Gasteiger partial charge in [-0.05, 0) is 24.3 Å². The number of furan rings is 1. The van der Waals surface area contributed by atoms with Crippen LogP contribution in [0.3, 0.4) is 0 Å². The van der Waals surface area contributed by atoms with Crippen LogP contribution in [-0.2, 0) is 4.79 Å². The van der Waals surface area contributed by atoms with Gasteiger partial charge in [-0.15, -0.1) is 0 Å². The molecule has 0 fully saturated rings. The number of carboxylic acids is 1. The molecule has 1 aromatic heterocycles. The van der Waals surface area contributed by atoms with Crippen LogP contribution in [0.2, 0.25) is 0 Å². The van der Waals surface area contributed by atoms with E-state index in [-0.39, 0.29) is 11.3 Å². The van der Waals surface area contributed by atoms with Crippen LogP contribution in [0.25, 0.3) is 17.4 Å². The highest BCUT2D eigenvalue weighted by Gasteiger charge is 2.17. The first-order valence-corrected chi connectivity index (χ1v) is 7.71. The third-order valence-electron chi connectivity index (χ3n) is 3.57. The number of carbonyl (C=O) groups excluding carboxylic acids is 1. The van der Waals surface area contributed by atoms with Crippen LogP contribution in [-0.4, -0.2) is 17.0 Å². The number of amides is 1. The van der Waals surface area contributed by atoms with Crippen LogP contribution in [0.5, 0.6) is 0 Å². The van der Waals surface area contributed by atoms with Crippen molar-refractivity contribution in [1.29, 1.82) is 0 Å². The van der Waals surface area contributed by atoms with E-state index in [2.05, 4.69) is 5.32 Å². The largest absolute Gasteiger partial charge is 0.477 e. The Labute approximate surface area is 148 Å². The first-order chi connectivity index (χ1) is 12.5. The zero-order valence-corrected chi connectivity index (χ0v) is 13.5. The highest BCUT2D eigenvalue weighted by atomic mass is 19.1. The van der Waals surface area contributed by atoms with E-state index in [9.17, 15) is 19.1 Å². The lowest BCUT2D eigenvalue weighted by Crippen LogP contribution is -2.27. The summed E-state index contributed by atoms with van der Waals surface area (Å²) in [7, 11) is 0. The van der Waals surface area contributed by atoms with E-state index in [0.717, 1.165) is 11.6 Å². The fourth-order valence-corrected chi connectivity index (χ4v) is 2.32. The molecule has 3 rings (SSSR count). The van der Waals surface area contributed by atoms with E-state index in [1.54, 1.807) is 12.1 Å². The minimum absolute atomic E-state index is 0.245. The van der Waals surface area contributed by atoms with Gasteiger partial charge in [-0.2, -0.15) is 0 Å². The summed E-state index contributed by atoms with van der Waals surface area (Å²) >= 11 is 0. The van der Waals surface area contributed by atoms with Crippen molar-refractivity contribution in [3.8, 4) is 11.3 Å². The van der Waals surface area contributed by atoms with E-state index < -0.39 is 23.4 Å². The van der Waals surface area contributed by atoms with Gasteiger partial charge >= 0.3 is 5.97 Å². The molecular formula is C20H14FNO4. The van der Waals surface area contributed by atoms with Gasteiger partial charge in [0, 0.05) is 11.6 Å². The first kappa shape index (κ1) is 17.2. The molecule has 26 heavy (non-hydrogen) atoms. The van der Waals surface area contributed by atoms with Crippen LogP contribution >= 0.6 is 0 Å². The molecule has 0 saturated carbocycles. The highest BCUT2D eigenvalue weighted by molar-refractivity contribution is 6.02. The molecule has 2 aromatic carbocycles. The Kier molecular flexibility index (Phi) is 4.94. The number of hydrogen-bond acceptors (Lipinski definition) is 3. The lowest BCUT2D eigenvalue weighted by atomic mass is 10.2. The van der Waals surface area contributed by atoms with Gasteiger partial charge in [0.05, 0.1) is 5.56 Å². The molecule has 1 heterocycles. The molecule has 0 saturated heterocycles. The lowest BCUT2D eigenvalue weighted by Gasteiger charge is -2.06. The Hall–Kier alpha value is -3.67. The maximum atomic E-state index is 13.7. The minimum atomic E-state index is -1.37. The monoisotopic (exact) mass is 351 g/mol. The smallest absolute Gasteiger partial charge is 0.352 e. The number of benzene rings is 2. The van der Waals surface area contributed by atoms with Crippen LogP contribution in [0.15, 0.2) is 76.8 Å². The third-order valence-corrected chi connectivity index (χ3v) is 3.57. The molecule has 0 spiro atoms. The Morgan fingerprint density at radius 1 is 0.962 bits per heavy atom. The van der Waals surface area contributed by atoms with E-state index in [0.29, 0.717) is 5.76 Å². The van der Waals surface area contributed by atoms with Gasteiger partial charge in [-0.25, -0.2) is 9.18 Å². The molecule has 0 atom stereocenters. The Bertz CT molecular complexity index is 976. The highest BCUT2D eigenvalue weighted by Crippen LogP contribution is 2.23. The number of hydrogen-bond donors (Lipinski definition) is 2. The van der Waals surface area contributed by atoms with Gasteiger partial charge in [0.1, 0.15) is 23.0 Å². The maximum Gasteiger partial charge on any atom is 0.352 e. The van der Waals surface area contributed by atoms with Crippen LogP contribution in [0, 0.1) is 5.82 Å². The summed E-state index contributed by atoms with van der Waals surface area (Å²) in [6, 6.07) is 17.9. The normalized spacial score (nSPS) is 11.2. The van der Waals surface area contributed by atoms with Crippen molar-refractivity contribution in [2.75, 3.05) is 0 Å². The molecule has 0 unspecified atom stereocenters. The van der Waals surface area contributed by atoms with Crippen molar-refractivity contribution < 1.29 is 23.5 Å². The first-order valence-electron chi connectivity index (χ1n) is 7.71. The van der Waals surface area contributed by atoms with Gasteiger partial charge in [0.15, 0.2) is 0 Å². The molecule has 0 radical (unpaired) electrons. The molecule has 6 heteroatoms. The lowest BCUT2D eigenvalue weighted by molar-refractivity contribution is -0.132. The molecule has 0 aliphatic carbocycles. The topological polar surface area (TPSA) is 79.5 Å². The standard InChI is InChI=1S/C20H14FNO4/c21-16-9-5-4-8-15(16)19(23)22-17(20(24)25)12-14-10-11-18(26-14)13-6-2-1-3-7-13/h1-12H,(H,22,23)(H,24,25)/b17-12-. The zero-order valence-electron chi connectivity index (χ0n) is 13.5. The van der Waals surface area contributed by atoms with Gasteiger partial charge in [-0.3, -0.25) is 4.79 Å². The predicted octanol–water partition coefficient (Wildman–Crippen LogP) is 3.94. The summed E-state index contributed by atoms with van der Waals surface area (Å²) in [4.78, 5) is 23.5. The predicted molar refractivity (Wildman–Crippen MR) is 93.6 cm³/mol. The fraction of sp³-hybridized carbons (Fsp3) is 0. The van der Waals surface area contributed by atoms with Crippen LogP contribution < -0.4 is 5.32 Å². The molecule has 130 valence electrons. The second-order valence-electron chi connectivity index (χ2n) is 5.37. The molecule has 5 nitrogen and oxygen atoms in total. The van der Waals surface area contributed by atoms with Gasteiger partial charge in [0.25, 0.3) is 5.91 Å². The van der Waals surface area contributed by atoms with Crippen LogP contribution in [0.4, 0.5) is 4.39 Å². The number of rotatable bonds is 5. The second kappa shape index (κ2) is 7.48. The van der Waals surface area contributed by atoms with Crippen molar-refractivity contribution >= 4 is 18.0 Å². The summed E-state index contributed by atoms with van der Waals surface area (Å²) in [6.45, 7) is 0. The summed E-state index contributed by atoms with van der Waals surface area (Å²) in [5, 5.41) is 11.5. The molecule has 0 aliphatic heterocycles. The SMILES string of the molecule is O=C(O)/C(=C/c1ccc(-c2ccccc2)o1)NC(=O)c1ccccc1F. The Morgan fingerprint density at radius 2 is 1.65 bits per heavy atom. The van der Waals surface area contributed by atoms with E-state index >= 15 is 0 Å². The van der Waals surface area contributed by atoms with E-state index in [1.165, 1.54) is 24.3 Å². The number of carboxylic acid groups (broad SMARTS) is 1. The van der Waals surface area contributed by atoms with Crippen molar-refractivity contribution in [3.63, 3.8) is 0 Å². The fourth-order valence-electron chi connectivity index (χ4n) is 2.32. The second-order valence-corrected chi connectivity index (χ2v) is 5.37. The molecule has 0 aliphatic rings. The van der Waals surface area contributed by atoms with Gasteiger partial charge in [-0.1, -0.05) is 42.5 Å². The van der Waals surface area contributed by atoms with E-state index in [1.807, 2.05) is 30.3 Å². The minimum Gasteiger partial charge on any atom is -0.477 e. The number of aliphatic carboxylic acids is 1. The molecular weight excluding hydrogens is 337 g/mol.